The number of hydrogen-bond donors (Lipinski definition) is 1. The van der Waals surface area contributed by atoms with Crippen LogP contribution in [0.4, 0.5) is 5.69 Å². The van der Waals surface area contributed by atoms with Crippen LogP contribution in [0.15, 0.2) is 53.8 Å². The number of nitrogens with zero attached hydrogens (tertiary/aromatic N) is 4. The second kappa shape index (κ2) is 6.22. The number of aryl methyl sites for hydroxylation is 1. The van der Waals surface area contributed by atoms with Crippen LogP contribution in [0.25, 0.3) is 22.3 Å². The molecule has 0 saturated heterocycles. The summed E-state index contributed by atoms with van der Waals surface area (Å²) in [5, 5.41) is 4.04. The third-order valence-corrected chi connectivity index (χ3v) is 5.80. The lowest BCUT2D eigenvalue weighted by molar-refractivity contribution is 0.102. The van der Waals surface area contributed by atoms with Crippen LogP contribution in [-0.4, -0.2) is 30.0 Å². The van der Waals surface area contributed by atoms with Gasteiger partial charge in [-0.15, -0.1) is 0 Å². The summed E-state index contributed by atoms with van der Waals surface area (Å²) < 4.78 is 10.5. The van der Waals surface area contributed by atoms with E-state index < -0.39 is 0 Å². The quantitative estimate of drug-likeness (QED) is 0.584. The third kappa shape index (κ3) is 2.67. The molecule has 0 unspecified atom stereocenters. The Morgan fingerprint density at radius 3 is 2.92 bits per heavy atom. The summed E-state index contributed by atoms with van der Waals surface area (Å²) in [6, 6.07) is 13.1. The van der Waals surface area contributed by atoms with E-state index in [1.54, 1.807) is 23.9 Å². The minimum Gasteiger partial charge on any atom is -0.325 e. The molecule has 0 atom stereocenters. The van der Waals surface area contributed by atoms with Crippen molar-refractivity contribution in [2.75, 3.05) is 11.1 Å². The SMILES string of the molecule is O=C(Nc1ccccc1-c1cn2c(n1)SCC2)c1ccc2nsnc2c1. The summed E-state index contributed by atoms with van der Waals surface area (Å²) in [7, 11) is 0. The van der Waals surface area contributed by atoms with Gasteiger partial charge in [0.25, 0.3) is 5.91 Å². The van der Waals surface area contributed by atoms with Crippen molar-refractivity contribution in [1.82, 2.24) is 18.3 Å². The number of rotatable bonds is 3. The molecule has 2 aromatic heterocycles. The van der Waals surface area contributed by atoms with Gasteiger partial charge in [0, 0.05) is 29.6 Å². The highest BCUT2D eigenvalue weighted by atomic mass is 32.2. The smallest absolute Gasteiger partial charge is 0.255 e. The molecule has 6 nitrogen and oxygen atoms in total. The monoisotopic (exact) mass is 379 g/mol. The molecule has 0 spiro atoms. The minimum absolute atomic E-state index is 0.173. The number of hydrogen-bond acceptors (Lipinski definition) is 6. The molecule has 0 saturated carbocycles. The Labute approximate surface area is 157 Å². The molecule has 1 aliphatic rings. The molecule has 5 rings (SSSR count). The second-order valence-corrected chi connectivity index (χ2v) is 7.51. The zero-order valence-corrected chi connectivity index (χ0v) is 15.2. The number of carbonyl (C=O) groups is 1. The topological polar surface area (TPSA) is 72.7 Å². The van der Waals surface area contributed by atoms with Crippen molar-refractivity contribution in [2.24, 2.45) is 0 Å². The van der Waals surface area contributed by atoms with Gasteiger partial charge in [-0.3, -0.25) is 4.79 Å². The van der Waals surface area contributed by atoms with E-state index >= 15 is 0 Å². The van der Waals surface area contributed by atoms with Crippen molar-refractivity contribution in [3.63, 3.8) is 0 Å². The number of anilines is 1. The molecule has 8 heteroatoms. The maximum Gasteiger partial charge on any atom is 0.255 e. The van der Waals surface area contributed by atoms with E-state index in [9.17, 15) is 4.79 Å². The summed E-state index contributed by atoms with van der Waals surface area (Å²) >= 11 is 2.90. The Bertz CT molecular complexity index is 1110. The van der Waals surface area contributed by atoms with Gasteiger partial charge in [0.1, 0.15) is 11.0 Å². The number of nitrogens with one attached hydrogen (secondary N) is 1. The molecule has 3 heterocycles. The Morgan fingerprint density at radius 1 is 1.12 bits per heavy atom. The molecule has 1 aliphatic heterocycles. The molecule has 0 bridgehead atoms. The van der Waals surface area contributed by atoms with Crippen molar-refractivity contribution in [2.45, 2.75) is 11.7 Å². The lowest BCUT2D eigenvalue weighted by Crippen LogP contribution is -2.12. The lowest BCUT2D eigenvalue weighted by Gasteiger charge is -2.09. The first kappa shape index (κ1) is 15.5. The van der Waals surface area contributed by atoms with Crippen LogP contribution in [0.3, 0.4) is 0 Å². The van der Waals surface area contributed by atoms with Crippen molar-refractivity contribution >= 4 is 46.1 Å². The maximum atomic E-state index is 12.7. The summed E-state index contributed by atoms with van der Waals surface area (Å²) in [5.41, 5.74) is 4.64. The maximum absolute atomic E-state index is 12.7. The predicted octanol–water partition coefficient (Wildman–Crippen LogP) is 3.91. The van der Waals surface area contributed by atoms with Gasteiger partial charge in [0.05, 0.1) is 23.1 Å². The standard InChI is InChI=1S/C18H13N5OS2/c24-17(11-5-6-14-15(9-11)22-26-21-14)19-13-4-2-1-3-12(13)16-10-23-7-8-25-18(23)20-16/h1-6,9-10H,7-8H2,(H,19,24). The third-order valence-electron chi connectivity index (χ3n) is 4.27. The van der Waals surface area contributed by atoms with E-state index in [1.807, 2.05) is 36.5 Å². The molecule has 2 aromatic carbocycles. The van der Waals surface area contributed by atoms with E-state index in [1.165, 1.54) is 0 Å². The van der Waals surface area contributed by atoms with Gasteiger partial charge in [-0.1, -0.05) is 30.0 Å². The second-order valence-electron chi connectivity index (χ2n) is 5.92. The Kier molecular flexibility index (Phi) is 3.72. The average Bonchev–Trinajstić information content (AvgIpc) is 3.37. The van der Waals surface area contributed by atoms with Crippen molar-refractivity contribution in [3.05, 3.63) is 54.2 Å². The summed E-state index contributed by atoms with van der Waals surface area (Å²) in [6.45, 7) is 0.975. The average molecular weight is 379 g/mol. The highest BCUT2D eigenvalue weighted by Gasteiger charge is 2.18. The molecule has 4 aromatic rings. The number of fused-ring (bicyclic) bond motifs is 2. The molecular weight excluding hydrogens is 366 g/mol. The molecule has 26 heavy (non-hydrogen) atoms. The van der Waals surface area contributed by atoms with Crippen LogP contribution in [0.5, 0.6) is 0 Å². The van der Waals surface area contributed by atoms with E-state index in [4.69, 9.17) is 4.98 Å². The van der Waals surface area contributed by atoms with Gasteiger partial charge >= 0.3 is 0 Å². The van der Waals surface area contributed by atoms with Gasteiger partial charge in [0.2, 0.25) is 0 Å². The fourth-order valence-corrected chi connectivity index (χ4v) is 4.43. The van der Waals surface area contributed by atoms with Crippen LogP contribution >= 0.6 is 23.5 Å². The zero-order chi connectivity index (χ0) is 17.5. The van der Waals surface area contributed by atoms with E-state index in [2.05, 4.69) is 18.6 Å². The fraction of sp³-hybridized carbons (Fsp3) is 0.111. The van der Waals surface area contributed by atoms with Crippen LogP contribution in [0, 0.1) is 0 Å². The van der Waals surface area contributed by atoms with Crippen LogP contribution in [0.1, 0.15) is 10.4 Å². The van der Waals surface area contributed by atoms with Crippen molar-refractivity contribution < 1.29 is 4.79 Å². The number of thioether (sulfide) groups is 1. The van der Waals surface area contributed by atoms with E-state index in [0.29, 0.717) is 5.56 Å². The first-order chi connectivity index (χ1) is 12.8. The Balaban J connectivity index is 1.47. The summed E-state index contributed by atoms with van der Waals surface area (Å²) in [4.78, 5) is 17.4. The molecule has 1 amide bonds. The Morgan fingerprint density at radius 2 is 2.00 bits per heavy atom. The highest BCUT2D eigenvalue weighted by molar-refractivity contribution is 7.99. The predicted molar refractivity (Wildman–Crippen MR) is 104 cm³/mol. The van der Waals surface area contributed by atoms with Gasteiger partial charge < -0.3 is 9.88 Å². The van der Waals surface area contributed by atoms with Gasteiger partial charge in [0.15, 0.2) is 5.16 Å². The summed E-state index contributed by atoms with van der Waals surface area (Å²) in [5.74, 6) is 0.892. The van der Waals surface area contributed by atoms with Gasteiger partial charge in [-0.05, 0) is 24.3 Å². The van der Waals surface area contributed by atoms with Crippen LogP contribution < -0.4 is 5.32 Å². The number of amides is 1. The molecule has 128 valence electrons. The van der Waals surface area contributed by atoms with Gasteiger partial charge in [-0.2, -0.15) is 8.75 Å². The number of imidazole rings is 1. The van der Waals surface area contributed by atoms with E-state index in [0.717, 1.165) is 57.2 Å². The number of carbonyl (C=O) groups excluding carboxylic acids is 1. The largest absolute Gasteiger partial charge is 0.325 e. The number of benzene rings is 2. The van der Waals surface area contributed by atoms with E-state index in [-0.39, 0.29) is 5.91 Å². The fourth-order valence-electron chi connectivity index (χ4n) is 2.97. The molecule has 0 aliphatic carbocycles. The number of para-hydroxylation sites is 1. The first-order valence-electron chi connectivity index (χ1n) is 8.11. The summed E-state index contributed by atoms with van der Waals surface area (Å²) in [6.07, 6.45) is 2.05. The molecule has 1 N–H and O–H groups in total. The number of aromatic nitrogens is 4. The zero-order valence-electron chi connectivity index (χ0n) is 13.5. The molecule has 0 radical (unpaired) electrons. The van der Waals surface area contributed by atoms with Crippen molar-refractivity contribution in [3.8, 4) is 11.3 Å². The molecular formula is C18H13N5OS2. The normalized spacial score (nSPS) is 13.1. The van der Waals surface area contributed by atoms with Crippen molar-refractivity contribution in [1.29, 1.82) is 0 Å². The van der Waals surface area contributed by atoms with Gasteiger partial charge in [-0.25, -0.2) is 4.98 Å². The highest BCUT2D eigenvalue weighted by Crippen LogP contribution is 2.32. The molecule has 0 fully saturated rings. The minimum atomic E-state index is -0.173. The first-order valence-corrected chi connectivity index (χ1v) is 9.82. The Hall–Kier alpha value is -2.71. The van der Waals surface area contributed by atoms with Crippen LogP contribution in [-0.2, 0) is 6.54 Å². The van der Waals surface area contributed by atoms with Crippen LogP contribution in [0.2, 0.25) is 0 Å². The lowest BCUT2D eigenvalue weighted by atomic mass is 10.1.